The van der Waals surface area contributed by atoms with Crippen molar-refractivity contribution in [2.45, 2.75) is 112 Å². The van der Waals surface area contributed by atoms with E-state index in [2.05, 4.69) is 41.5 Å². The van der Waals surface area contributed by atoms with Crippen molar-refractivity contribution in [2.24, 2.45) is 56.2 Å². The Morgan fingerprint density at radius 3 is 2.15 bits per heavy atom. The van der Waals surface area contributed by atoms with Crippen molar-refractivity contribution in [1.29, 1.82) is 0 Å². The summed E-state index contributed by atoms with van der Waals surface area (Å²) in [5.41, 5.74) is 0.391. The summed E-state index contributed by atoms with van der Waals surface area (Å²) in [5, 5.41) is 11.1. The molecule has 0 aliphatic heterocycles. The molecule has 9 unspecified atom stereocenters. The number of carbonyl (C=O) groups excluding carboxylic acids is 2. The number of fused-ring (bicyclic) bond motifs is 7. The number of rotatable bonds is 2. The van der Waals surface area contributed by atoms with Crippen molar-refractivity contribution in [1.82, 2.24) is 0 Å². The summed E-state index contributed by atoms with van der Waals surface area (Å²) >= 11 is 0. The molecule has 1 N–H and O–H groups in total. The van der Waals surface area contributed by atoms with Crippen LogP contribution in [0.5, 0.6) is 0 Å². The molecule has 186 valence electrons. The molecule has 3 heteroatoms. The van der Waals surface area contributed by atoms with Gasteiger partial charge in [-0.15, -0.1) is 0 Å². The molecule has 5 aliphatic rings. The van der Waals surface area contributed by atoms with Gasteiger partial charge in [0.05, 0.1) is 0 Å². The van der Waals surface area contributed by atoms with Gasteiger partial charge >= 0.3 is 0 Å². The average molecular weight is 457 g/mol. The Kier molecular flexibility index (Phi) is 5.22. The summed E-state index contributed by atoms with van der Waals surface area (Å²) in [7, 11) is 0. The van der Waals surface area contributed by atoms with Crippen LogP contribution in [0.4, 0.5) is 0 Å². The third kappa shape index (κ3) is 2.84. The van der Waals surface area contributed by atoms with Crippen molar-refractivity contribution in [3.8, 4) is 0 Å². The lowest BCUT2D eigenvalue weighted by Gasteiger charge is -2.74. The van der Waals surface area contributed by atoms with Gasteiger partial charge in [0.15, 0.2) is 0 Å². The van der Waals surface area contributed by atoms with Gasteiger partial charge in [0, 0.05) is 29.8 Å². The van der Waals surface area contributed by atoms with Gasteiger partial charge in [-0.1, -0.05) is 41.5 Å². The zero-order chi connectivity index (χ0) is 24.1. The highest BCUT2D eigenvalue weighted by atomic mass is 16.3. The number of ketones is 1. The minimum atomic E-state index is -0.141. The zero-order valence-corrected chi connectivity index (χ0v) is 22.1. The highest BCUT2D eigenvalue weighted by Gasteiger charge is 2.72. The molecule has 9 atom stereocenters. The quantitative estimate of drug-likeness (QED) is 0.476. The topological polar surface area (TPSA) is 54.4 Å². The molecule has 0 aromatic rings. The van der Waals surface area contributed by atoms with E-state index in [0.29, 0.717) is 35.4 Å². The summed E-state index contributed by atoms with van der Waals surface area (Å²) in [6, 6.07) is 0. The van der Waals surface area contributed by atoms with Crippen LogP contribution in [0.3, 0.4) is 0 Å². The first-order valence-electron chi connectivity index (χ1n) is 13.9. The summed E-state index contributed by atoms with van der Waals surface area (Å²) < 4.78 is 0. The van der Waals surface area contributed by atoms with E-state index in [9.17, 15) is 14.7 Å². The molecule has 0 aromatic carbocycles. The highest BCUT2D eigenvalue weighted by Crippen LogP contribution is 2.78. The van der Waals surface area contributed by atoms with Gasteiger partial charge in [-0.05, 0) is 104 Å². The molecular weight excluding hydrogens is 408 g/mol. The second-order valence-electron chi connectivity index (χ2n) is 14.9. The maximum atomic E-state index is 12.7. The summed E-state index contributed by atoms with van der Waals surface area (Å²) in [4.78, 5) is 25.4. The van der Waals surface area contributed by atoms with Crippen molar-refractivity contribution in [3.05, 3.63) is 0 Å². The van der Waals surface area contributed by atoms with Crippen molar-refractivity contribution in [3.63, 3.8) is 0 Å². The lowest BCUT2D eigenvalue weighted by Crippen LogP contribution is -2.69. The van der Waals surface area contributed by atoms with E-state index in [1.54, 1.807) is 0 Å². The van der Waals surface area contributed by atoms with Crippen molar-refractivity contribution < 1.29 is 14.7 Å². The maximum absolute atomic E-state index is 12.7. The Bertz CT molecular complexity index is 847. The van der Waals surface area contributed by atoms with E-state index in [1.807, 2.05) is 0 Å². The van der Waals surface area contributed by atoms with Gasteiger partial charge in [0.1, 0.15) is 12.1 Å². The van der Waals surface area contributed by atoms with Crippen LogP contribution in [0.1, 0.15) is 112 Å². The van der Waals surface area contributed by atoms with Crippen LogP contribution in [0, 0.1) is 56.2 Å². The molecule has 33 heavy (non-hydrogen) atoms. The Hall–Kier alpha value is -0.700. The fourth-order valence-corrected chi connectivity index (χ4v) is 11.1. The lowest BCUT2D eigenvalue weighted by atomic mass is 9.30. The number of aldehydes is 1. The standard InChI is InChI=1S/C30H48O3/c1-20-21(33)7-8-22-26(20,4)10-9-23-27(5)12-15-29(18-31)14-11-25(2,3)17-24(29)28(27,6)13-16-30(22,23)19-32/h18,20,22-24,32H,7-17,19H2,1-6H3. The normalized spacial score (nSPS) is 55.5. The van der Waals surface area contributed by atoms with Gasteiger partial charge in [-0.25, -0.2) is 0 Å². The molecular formula is C30H48O3. The molecule has 5 saturated carbocycles. The first-order chi connectivity index (χ1) is 15.3. The molecule has 5 fully saturated rings. The first-order valence-corrected chi connectivity index (χ1v) is 13.9. The molecule has 0 heterocycles. The predicted molar refractivity (Wildman–Crippen MR) is 132 cm³/mol. The van der Waals surface area contributed by atoms with Crippen LogP contribution in [-0.4, -0.2) is 23.8 Å². The van der Waals surface area contributed by atoms with E-state index in [0.717, 1.165) is 64.2 Å². The number of aliphatic hydroxyl groups excluding tert-OH is 1. The molecule has 5 aliphatic carbocycles. The van der Waals surface area contributed by atoms with Crippen molar-refractivity contribution in [2.75, 3.05) is 6.61 Å². The van der Waals surface area contributed by atoms with E-state index in [4.69, 9.17) is 0 Å². The van der Waals surface area contributed by atoms with Crippen molar-refractivity contribution >= 4 is 12.1 Å². The molecule has 0 radical (unpaired) electrons. The van der Waals surface area contributed by atoms with Gasteiger partial charge in [0.25, 0.3) is 0 Å². The molecule has 0 spiro atoms. The predicted octanol–water partition coefficient (Wildman–Crippen LogP) is 6.61. The van der Waals surface area contributed by atoms with E-state index >= 15 is 0 Å². The Morgan fingerprint density at radius 1 is 0.848 bits per heavy atom. The largest absolute Gasteiger partial charge is 0.396 e. The minimum absolute atomic E-state index is 0.0206. The summed E-state index contributed by atoms with van der Waals surface area (Å²) in [5.74, 6) is 1.91. The van der Waals surface area contributed by atoms with Crippen LogP contribution in [0.15, 0.2) is 0 Å². The molecule has 0 saturated heterocycles. The number of aliphatic hydroxyl groups is 1. The molecule has 5 rings (SSSR count). The first kappa shape index (κ1) is 24.0. The smallest absolute Gasteiger partial charge is 0.136 e. The SMILES string of the molecule is CC1C(=O)CCC2C1(C)CCC1C2(CO)CCC2(C)C3CC(C)(C)CCC3(C=O)CCC12C. The highest BCUT2D eigenvalue weighted by molar-refractivity contribution is 5.82. The van der Waals surface area contributed by atoms with Gasteiger partial charge < -0.3 is 9.90 Å². The molecule has 0 amide bonds. The Morgan fingerprint density at radius 2 is 1.48 bits per heavy atom. The monoisotopic (exact) mass is 456 g/mol. The van der Waals surface area contributed by atoms with E-state index < -0.39 is 0 Å². The maximum Gasteiger partial charge on any atom is 0.136 e. The van der Waals surface area contributed by atoms with Crippen LogP contribution in [0.25, 0.3) is 0 Å². The van der Waals surface area contributed by atoms with Crippen LogP contribution >= 0.6 is 0 Å². The number of hydrogen-bond acceptors (Lipinski definition) is 3. The van der Waals surface area contributed by atoms with Gasteiger partial charge in [-0.2, -0.15) is 0 Å². The number of carbonyl (C=O) groups is 2. The minimum Gasteiger partial charge on any atom is -0.396 e. The second kappa shape index (κ2) is 7.17. The Labute approximate surface area is 201 Å². The number of Topliss-reactive ketones (excluding diaryl/α,β-unsaturated/α-hetero) is 1. The third-order valence-electron chi connectivity index (χ3n) is 13.6. The molecule has 0 bridgehead atoms. The van der Waals surface area contributed by atoms with E-state index in [1.165, 1.54) is 6.29 Å². The number of hydrogen-bond donors (Lipinski definition) is 1. The zero-order valence-electron chi connectivity index (χ0n) is 22.1. The fourth-order valence-electron chi connectivity index (χ4n) is 11.1. The molecule has 3 nitrogen and oxygen atoms in total. The second-order valence-corrected chi connectivity index (χ2v) is 14.9. The average Bonchev–Trinajstić information content (AvgIpc) is 2.78. The lowest BCUT2D eigenvalue weighted by molar-refractivity contribution is -0.265. The van der Waals surface area contributed by atoms with Crippen LogP contribution in [-0.2, 0) is 9.59 Å². The fraction of sp³-hybridized carbons (Fsp3) is 0.933. The summed E-state index contributed by atoms with van der Waals surface area (Å²) in [6.07, 6.45) is 12.9. The van der Waals surface area contributed by atoms with Gasteiger partial charge in [-0.3, -0.25) is 4.79 Å². The van der Waals surface area contributed by atoms with E-state index in [-0.39, 0.29) is 39.6 Å². The van der Waals surface area contributed by atoms with Gasteiger partial charge in [0.2, 0.25) is 0 Å². The van der Waals surface area contributed by atoms with Crippen LogP contribution < -0.4 is 0 Å². The molecule has 0 aromatic heterocycles. The third-order valence-corrected chi connectivity index (χ3v) is 13.6. The Balaban J connectivity index is 1.59. The van der Waals surface area contributed by atoms with Crippen LogP contribution in [0.2, 0.25) is 0 Å². The summed E-state index contributed by atoms with van der Waals surface area (Å²) in [6.45, 7) is 14.7.